The van der Waals surface area contributed by atoms with Crippen molar-refractivity contribution in [2.24, 2.45) is 0 Å². The van der Waals surface area contributed by atoms with Crippen molar-refractivity contribution < 1.29 is 13.2 Å². The monoisotopic (exact) mass is 197 g/mol. The van der Waals surface area contributed by atoms with Crippen LogP contribution in [-0.2, 0) is 6.42 Å². The Hall–Kier alpha value is -0.850. The minimum Gasteiger partial charge on any atom is -0.286 e. The standard InChI is InChI=1S/C5H6F3N3S/c6-5(7,8)2-1-3-9-4(12)11-10-3/h1-2H2,(H2,9,10,11,12). The van der Waals surface area contributed by atoms with Gasteiger partial charge < -0.3 is 0 Å². The molecule has 0 atom stereocenters. The molecule has 2 N–H and O–H groups in total. The van der Waals surface area contributed by atoms with Crippen LogP contribution in [0.1, 0.15) is 12.2 Å². The van der Waals surface area contributed by atoms with Crippen LogP contribution in [-0.4, -0.2) is 21.4 Å². The highest BCUT2D eigenvalue weighted by Gasteiger charge is 2.26. The summed E-state index contributed by atoms with van der Waals surface area (Å²) in [4.78, 5) is 3.62. The van der Waals surface area contributed by atoms with E-state index in [1.165, 1.54) is 0 Å². The first-order valence-electron chi connectivity index (χ1n) is 3.18. The molecule has 0 fully saturated rings. The maximum absolute atomic E-state index is 11.7. The van der Waals surface area contributed by atoms with E-state index >= 15 is 0 Å². The van der Waals surface area contributed by atoms with Gasteiger partial charge in [0.25, 0.3) is 0 Å². The number of nitrogens with zero attached hydrogens (tertiary/aromatic N) is 1. The predicted molar refractivity (Wildman–Crippen MR) is 38.1 cm³/mol. The summed E-state index contributed by atoms with van der Waals surface area (Å²) < 4.78 is 35.2. The highest BCUT2D eigenvalue weighted by molar-refractivity contribution is 7.71. The van der Waals surface area contributed by atoms with Crippen molar-refractivity contribution in [3.63, 3.8) is 0 Å². The molecule has 0 aliphatic carbocycles. The quantitative estimate of drug-likeness (QED) is 0.712. The molecule has 3 nitrogen and oxygen atoms in total. The number of hydrogen-bond donors (Lipinski definition) is 2. The van der Waals surface area contributed by atoms with Crippen molar-refractivity contribution in [3.8, 4) is 0 Å². The molecule has 0 saturated heterocycles. The third-order valence-corrected chi connectivity index (χ3v) is 1.39. The summed E-state index contributed by atoms with van der Waals surface area (Å²) in [5.74, 6) is 0.234. The van der Waals surface area contributed by atoms with Crippen molar-refractivity contribution in [2.45, 2.75) is 19.0 Å². The van der Waals surface area contributed by atoms with Gasteiger partial charge in [0.2, 0.25) is 4.77 Å². The fourth-order valence-corrected chi connectivity index (χ4v) is 0.844. The van der Waals surface area contributed by atoms with Gasteiger partial charge in [-0.25, -0.2) is 4.98 Å². The fraction of sp³-hybridized carbons (Fsp3) is 0.600. The number of alkyl halides is 3. The molecule has 1 aromatic heterocycles. The third-order valence-electron chi connectivity index (χ3n) is 1.20. The van der Waals surface area contributed by atoms with Gasteiger partial charge in [-0.1, -0.05) is 0 Å². The second kappa shape index (κ2) is 3.26. The predicted octanol–water partition coefficient (Wildman–Crippen LogP) is 1.96. The second-order valence-electron chi connectivity index (χ2n) is 2.23. The van der Waals surface area contributed by atoms with Gasteiger partial charge in [0.05, 0.1) is 6.42 Å². The molecule has 1 aromatic rings. The van der Waals surface area contributed by atoms with Crippen LogP contribution < -0.4 is 0 Å². The summed E-state index contributed by atoms with van der Waals surface area (Å²) in [7, 11) is 0. The smallest absolute Gasteiger partial charge is 0.286 e. The molecule has 1 heterocycles. The van der Waals surface area contributed by atoms with Crippen molar-refractivity contribution in [3.05, 3.63) is 10.6 Å². The van der Waals surface area contributed by atoms with Crippen LogP contribution in [0.4, 0.5) is 13.2 Å². The zero-order valence-corrected chi connectivity index (χ0v) is 6.72. The number of rotatable bonds is 2. The Morgan fingerprint density at radius 1 is 1.33 bits per heavy atom. The first kappa shape index (κ1) is 9.24. The summed E-state index contributed by atoms with van der Waals surface area (Å²) in [6.07, 6.45) is -5.20. The van der Waals surface area contributed by atoms with E-state index in [-0.39, 0.29) is 17.0 Å². The molecule has 0 aromatic carbocycles. The maximum Gasteiger partial charge on any atom is 0.389 e. The molecular weight excluding hydrogens is 191 g/mol. The number of hydrogen-bond acceptors (Lipinski definition) is 2. The van der Waals surface area contributed by atoms with E-state index in [2.05, 4.69) is 27.4 Å². The van der Waals surface area contributed by atoms with E-state index in [1.54, 1.807) is 0 Å². The van der Waals surface area contributed by atoms with Crippen LogP contribution in [0, 0.1) is 4.77 Å². The van der Waals surface area contributed by atoms with E-state index in [9.17, 15) is 13.2 Å². The number of nitrogens with one attached hydrogen (secondary N) is 2. The van der Waals surface area contributed by atoms with Gasteiger partial charge in [0.15, 0.2) is 0 Å². The lowest BCUT2D eigenvalue weighted by Crippen LogP contribution is -2.09. The molecule has 0 aliphatic rings. The molecule has 0 amide bonds. The van der Waals surface area contributed by atoms with Crippen molar-refractivity contribution in [1.82, 2.24) is 15.2 Å². The maximum atomic E-state index is 11.7. The molecule has 12 heavy (non-hydrogen) atoms. The normalized spacial score (nSPS) is 11.9. The minimum atomic E-state index is -4.14. The molecule has 0 aliphatic heterocycles. The molecule has 0 saturated carbocycles. The summed E-state index contributed by atoms with van der Waals surface area (Å²) in [5.41, 5.74) is 0. The summed E-state index contributed by atoms with van der Waals surface area (Å²) in [6, 6.07) is 0. The highest BCUT2D eigenvalue weighted by Crippen LogP contribution is 2.20. The minimum absolute atomic E-state index is 0.170. The molecule has 1 rings (SSSR count). The van der Waals surface area contributed by atoms with E-state index in [0.717, 1.165) is 0 Å². The van der Waals surface area contributed by atoms with E-state index in [1.807, 2.05) is 0 Å². The van der Waals surface area contributed by atoms with Crippen LogP contribution in [0.25, 0.3) is 0 Å². The van der Waals surface area contributed by atoms with E-state index in [0.29, 0.717) is 0 Å². The lowest BCUT2D eigenvalue weighted by Gasteiger charge is -2.02. The molecule has 0 unspecified atom stereocenters. The van der Waals surface area contributed by atoms with Crippen LogP contribution in [0.3, 0.4) is 0 Å². The van der Waals surface area contributed by atoms with Crippen molar-refractivity contribution in [2.75, 3.05) is 0 Å². The molecule has 68 valence electrons. The van der Waals surface area contributed by atoms with Gasteiger partial charge in [0, 0.05) is 6.42 Å². The van der Waals surface area contributed by atoms with E-state index < -0.39 is 12.6 Å². The van der Waals surface area contributed by atoms with Gasteiger partial charge in [0.1, 0.15) is 5.82 Å². The van der Waals surface area contributed by atoms with Gasteiger partial charge in [-0.15, -0.1) is 0 Å². The summed E-state index contributed by atoms with van der Waals surface area (Å²) >= 11 is 4.56. The van der Waals surface area contributed by atoms with Crippen LogP contribution in [0.2, 0.25) is 0 Å². The third kappa shape index (κ3) is 3.04. The number of halogens is 3. The molecule has 0 bridgehead atoms. The van der Waals surface area contributed by atoms with Gasteiger partial charge in [-0.05, 0) is 12.2 Å². The Balaban J connectivity index is 2.49. The molecular formula is C5H6F3N3S. The average molecular weight is 197 g/mol. The summed E-state index contributed by atoms with van der Waals surface area (Å²) in [5, 5.41) is 4.85. The zero-order valence-electron chi connectivity index (χ0n) is 5.90. The van der Waals surface area contributed by atoms with Crippen LogP contribution in [0.15, 0.2) is 0 Å². The zero-order chi connectivity index (χ0) is 9.19. The van der Waals surface area contributed by atoms with E-state index in [4.69, 9.17) is 0 Å². The topological polar surface area (TPSA) is 44.5 Å². The highest BCUT2D eigenvalue weighted by atomic mass is 32.1. The van der Waals surface area contributed by atoms with Crippen molar-refractivity contribution >= 4 is 12.2 Å². The molecule has 7 heteroatoms. The Labute approximate surface area is 71.0 Å². The Kier molecular flexibility index (Phi) is 2.51. The van der Waals surface area contributed by atoms with Crippen LogP contribution >= 0.6 is 12.2 Å². The van der Waals surface area contributed by atoms with Gasteiger partial charge >= 0.3 is 6.18 Å². The Morgan fingerprint density at radius 3 is 2.42 bits per heavy atom. The van der Waals surface area contributed by atoms with Crippen molar-refractivity contribution in [1.29, 1.82) is 0 Å². The number of H-pyrrole nitrogens is 2. The molecule has 0 radical (unpaired) electrons. The first-order chi connectivity index (χ1) is 5.47. The average Bonchev–Trinajstić information content (AvgIpc) is 2.30. The lowest BCUT2D eigenvalue weighted by molar-refractivity contribution is -0.134. The van der Waals surface area contributed by atoms with Gasteiger partial charge in [-0.2, -0.15) is 13.2 Å². The lowest BCUT2D eigenvalue weighted by atomic mass is 10.3. The summed E-state index contributed by atoms with van der Waals surface area (Å²) in [6.45, 7) is 0. The second-order valence-corrected chi connectivity index (χ2v) is 2.62. The number of aryl methyl sites for hydroxylation is 1. The first-order valence-corrected chi connectivity index (χ1v) is 3.58. The SMILES string of the molecule is FC(F)(F)CCc1nc(=S)[nH][nH]1. The molecule has 0 spiro atoms. The Morgan fingerprint density at radius 2 is 2.00 bits per heavy atom. The Bertz CT molecular complexity index is 299. The fourth-order valence-electron chi connectivity index (χ4n) is 0.683. The van der Waals surface area contributed by atoms with Crippen LogP contribution in [0.5, 0.6) is 0 Å². The number of aromatic amines is 2. The largest absolute Gasteiger partial charge is 0.389 e. The van der Waals surface area contributed by atoms with Gasteiger partial charge in [-0.3, -0.25) is 10.2 Å². The number of aromatic nitrogens is 3.